The van der Waals surface area contributed by atoms with Gasteiger partial charge in [-0.2, -0.15) is 0 Å². The predicted molar refractivity (Wildman–Crippen MR) is 86.9 cm³/mol. The molecule has 0 unspecified atom stereocenters. The van der Waals surface area contributed by atoms with Gasteiger partial charge in [-0.1, -0.05) is 11.6 Å². The van der Waals surface area contributed by atoms with E-state index in [1.165, 1.54) is 19.4 Å². The first-order valence-electron chi connectivity index (χ1n) is 6.17. The lowest BCUT2D eigenvalue weighted by Crippen LogP contribution is -2.19. The molecule has 0 radical (unpaired) electrons. The second-order valence-corrected chi connectivity index (χ2v) is 5.01. The van der Waals surface area contributed by atoms with Crippen LogP contribution in [0.2, 0.25) is 5.15 Å². The first-order chi connectivity index (χ1) is 10.5. The third kappa shape index (κ3) is 3.96. The Bertz CT molecular complexity index is 700. The number of ether oxygens (including phenoxy) is 2. The summed E-state index contributed by atoms with van der Waals surface area (Å²) in [5, 5.41) is 2.72. The Hall–Kier alpha value is -2.12. The van der Waals surface area contributed by atoms with E-state index in [1.807, 2.05) is 0 Å². The number of thiocarbonyl (C=S) groups is 1. The first-order valence-corrected chi connectivity index (χ1v) is 6.96. The van der Waals surface area contributed by atoms with Crippen LogP contribution >= 0.6 is 23.8 Å². The van der Waals surface area contributed by atoms with Gasteiger partial charge < -0.3 is 20.5 Å². The molecule has 0 fully saturated rings. The summed E-state index contributed by atoms with van der Waals surface area (Å²) >= 11 is 10.4. The minimum Gasteiger partial charge on any atom is -0.494 e. The van der Waals surface area contributed by atoms with Crippen LogP contribution in [0.3, 0.4) is 0 Å². The lowest BCUT2D eigenvalue weighted by molar-refractivity contribution is 0.297. The van der Waals surface area contributed by atoms with Crippen molar-refractivity contribution in [3.05, 3.63) is 47.0 Å². The average molecular weight is 342 g/mol. The van der Waals surface area contributed by atoms with Crippen molar-refractivity contribution < 1.29 is 13.9 Å². The molecule has 2 rings (SSSR count). The minimum absolute atomic E-state index is 0.0132. The number of aromatic nitrogens is 1. The predicted octanol–water partition coefficient (Wildman–Crippen LogP) is 3.12. The fraction of sp³-hybridized carbons (Fsp3) is 0.143. The third-order valence-electron chi connectivity index (χ3n) is 2.75. The highest BCUT2D eigenvalue weighted by molar-refractivity contribution is 7.80. The Morgan fingerprint density at radius 1 is 1.45 bits per heavy atom. The molecule has 0 bridgehead atoms. The Morgan fingerprint density at radius 3 is 2.91 bits per heavy atom. The fourth-order valence-electron chi connectivity index (χ4n) is 1.72. The van der Waals surface area contributed by atoms with Gasteiger partial charge in [-0.25, -0.2) is 9.37 Å². The molecule has 1 heterocycles. The second-order valence-electron chi connectivity index (χ2n) is 4.21. The number of pyridine rings is 1. The van der Waals surface area contributed by atoms with Gasteiger partial charge in [-0.05, 0) is 30.4 Å². The molecule has 3 N–H and O–H groups in total. The van der Waals surface area contributed by atoms with Crippen molar-refractivity contribution in [2.75, 3.05) is 12.4 Å². The normalized spacial score (nSPS) is 10.1. The number of nitrogens with one attached hydrogen (secondary N) is 1. The number of benzene rings is 1. The molecule has 0 aliphatic heterocycles. The zero-order valence-electron chi connectivity index (χ0n) is 11.6. The Balaban J connectivity index is 2.13. The zero-order chi connectivity index (χ0) is 16.1. The molecule has 5 nitrogen and oxygen atoms in total. The molecule has 2 aromatic rings. The largest absolute Gasteiger partial charge is 0.494 e. The standard InChI is InChI=1S/C14H13ClFN3O2S/c1-20-11-6-9(2-3-10(11)19-14(17)22)21-7-8-4-5-18-13(15)12(8)16/h2-6H,7H2,1H3,(H3,17,19,22). The smallest absolute Gasteiger partial charge is 0.168 e. The van der Waals surface area contributed by atoms with Gasteiger partial charge in [0.2, 0.25) is 0 Å². The van der Waals surface area contributed by atoms with Gasteiger partial charge in [0.25, 0.3) is 0 Å². The van der Waals surface area contributed by atoms with Gasteiger partial charge in [-0.3, -0.25) is 0 Å². The van der Waals surface area contributed by atoms with Crippen molar-refractivity contribution in [1.29, 1.82) is 0 Å². The van der Waals surface area contributed by atoms with Crippen LogP contribution < -0.4 is 20.5 Å². The van der Waals surface area contributed by atoms with Crippen molar-refractivity contribution in [1.82, 2.24) is 4.98 Å². The van der Waals surface area contributed by atoms with E-state index in [0.717, 1.165) is 0 Å². The van der Waals surface area contributed by atoms with Crippen LogP contribution in [0.1, 0.15) is 5.56 Å². The summed E-state index contributed by atoms with van der Waals surface area (Å²) in [7, 11) is 1.51. The van der Waals surface area contributed by atoms with Crippen molar-refractivity contribution >= 4 is 34.6 Å². The van der Waals surface area contributed by atoms with Crippen LogP contribution in [0, 0.1) is 5.82 Å². The van der Waals surface area contributed by atoms with Crippen LogP contribution in [0.25, 0.3) is 0 Å². The Kier molecular flexibility index (Phi) is 5.35. The van der Waals surface area contributed by atoms with Gasteiger partial charge >= 0.3 is 0 Å². The Morgan fingerprint density at radius 2 is 2.23 bits per heavy atom. The molecule has 0 saturated carbocycles. The Labute approximate surface area is 137 Å². The number of nitrogens with zero attached hydrogens (tertiary/aromatic N) is 1. The van der Waals surface area contributed by atoms with Crippen LogP contribution in [0.15, 0.2) is 30.5 Å². The van der Waals surface area contributed by atoms with E-state index >= 15 is 0 Å². The topological polar surface area (TPSA) is 69.4 Å². The highest BCUT2D eigenvalue weighted by atomic mass is 35.5. The van der Waals surface area contributed by atoms with Crippen molar-refractivity contribution in [2.45, 2.75) is 6.61 Å². The number of nitrogens with two attached hydrogens (primary N) is 1. The molecular formula is C14H13ClFN3O2S. The number of rotatable bonds is 5. The van der Waals surface area contributed by atoms with Crippen molar-refractivity contribution in [3.8, 4) is 11.5 Å². The summed E-state index contributed by atoms with van der Waals surface area (Å²) in [4.78, 5) is 3.64. The summed E-state index contributed by atoms with van der Waals surface area (Å²) in [6.45, 7) is 0.0132. The lowest BCUT2D eigenvalue weighted by Gasteiger charge is -2.13. The van der Waals surface area contributed by atoms with E-state index in [1.54, 1.807) is 18.2 Å². The molecule has 0 atom stereocenters. The van der Waals surface area contributed by atoms with E-state index in [2.05, 4.69) is 10.3 Å². The van der Waals surface area contributed by atoms with Gasteiger partial charge in [0.15, 0.2) is 16.1 Å². The van der Waals surface area contributed by atoms with E-state index in [9.17, 15) is 4.39 Å². The van der Waals surface area contributed by atoms with Gasteiger partial charge in [0, 0.05) is 17.8 Å². The summed E-state index contributed by atoms with van der Waals surface area (Å²) < 4.78 is 24.5. The molecule has 1 aromatic heterocycles. The highest BCUT2D eigenvalue weighted by Crippen LogP contribution is 2.29. The van der Waals surface area contributed by atoms with E-state index in [4.69, 9.17) is 39.0 Å². The van der Waals surface area contributed by atoms with Crippen molar-refractivity contribution in [3.63, 3.8) is 0 Å². The first kappa shape index (κ1) is 16.3. The van der Waals surface area contributed by atoms with E-state index < -0.39 is 5.82 Å². The second kappa shape index (κ2) is 7.24. The molecule has 8 heteroatoms. The van der Waals surface area contributed by atoms with Gasteiger partial charge in [-0.15, -0.1) is 0 Å². The number of hydrogen-bond acceptors (Lipinski definition) is 4. The summed E-state index contributed by atoms with van der Waals surface area (Å²) in [6.07, 6.45) is 1.42. The minimum atomic E-state index is -0.595. The highest BCUT2D eigenvalue weighted by Gasteiger charge is 2.10. The SMILES string of the molecule is COc1cc(OCc2ccnc(Cl)c2F)ccc1NC(N)=S. The van der Waals surface area contributed by atoms with Gasteiger partial charge in [0.1, 0.15) is 18.1 Å². The number of hydrogen-bond donors (Lipinski definition) is 2. The molecule has 0 saturated heterocycles. The lowest BCUT2D eigenvalue weighted by atomic mass is 10.2. The molecule has 116 valence electrons. The van der Waals surface area contributed by atoms with E-state index in [-0.39, 0.29) is 16.9 Å². The number of anilines is 1. The van der Waals surface area contributed by atoms with Crippen LogP contribution in [-0.4, -0.2) is 17.2 Å². The molecule has 0 aliphatic rings. The average Bonchev–Trinajstić information content (AvgIpc) is 2.49. The quantitative estimate of drug-likeness (QED) is 0.643. The van der Waals surface area contributed by atoms with Crippen molar-refractivity contribution in [2.24, 2.45) is 5.73 Å². The molecule has 0 amide bonds. The molecule has 0 aliphatic carbocycles. The summed E-state index contributed by atoms with van der Waals surface area (Å²) in [6, 6.07) is 6.52. The van der Waals surface area contributed by atoms with Crippen LogP contribution in [-0.2, 0) is 6.61 Å². The maximum absolute atomic E-state index is 13.7. The number of methoxy groups -OCH3 is 1. The number of halogens is 2. The van der Waals surface area contributed by atoms with Crippen LogP contribution in [0.4, 0.5) is 10.1 Å². The zero-order valence-corrected chi connectivity index (χ0v) is 13.2. The van der Waals surface area contributed by atoms with Gasteiger partial charge in [0.05, 0.1) is 12.8 Å². The monoisotopic (exact) mass is 341 g/mol. The molecule has 0 spiro atoms. The molecule has 1 aromatic carbocycles. The fourth-order valence-corrected chi connectivity index (χ4v) is 2.01. The third-order valence-corrected chi connectivity index (χ3v) is 3.12. The maximum Gasteiger partial charge on any atom is 0.168 e. The van der Waals surface area contributed by atoms with E-state index in [0.29, 0.717) is 22.7 Å². The summed E-state index contributed by atoms with van der Waals surface area (Å²) in [5.41, 5.74) is 6.35. The maximum atomic E-state index is 13.7. The van der Waals surface area contributed by atoms with Crippen LogP contribution in [0.5, 0.6) is 11.5 Å². The molecular weight excluding hydrogens is 329 g/mol. The summed E-state index contributed by atoms with van der Waals surface area (Å²) in [5.74, 6) is 0.402. The molecule has 22 heavy (non-hydrogen) atoms.